The van der Waals surface area contributed by atoms with Gasteiger partial charge in [-0.3, -0.25) is 9.69 Å². The summed E-state index contributed by atoms with van der Waals surface area (Å²) in [6.45, 7) is 7.77. The van der Waals surface area contributed by atoms with Crippen molar-refractivity contribution in [1.82, 2.24) is 9.80 Å². The molecule has 0 spiro atoms. The number of piperazine rings is 1. The number of benzene rings is 1. The molecule has 2 amide bonds. The van der Waals surface area contributed by atoms with Crippen LogP contribution in [0, 0.1) is 0 Å². The lowest BCUT2D eigenvalue weighted by atomic mass is 10.2. The molecule has 1 aromatic carbocycles. The van der Waals surface area contributed by atoms with E-state index in [1.807, 2.05) is 37.3 Å². The fraction of sp³-hybridized carbons (Fsp3) is 0.529. The molecule has 1 saturated heterocycles. The highest BCUT2D eigenvalue weighted by molar-refractivity contribution is 5.94. The smallest absolute Gasteiger partial charge is 0.409 e. The van der Waals surface area contributed by atoms with Crippen molar-refractivity contribution in [3.05, 3.63) is 30.3 Å². The van der Waals surface area contributed by atoms with Gasteiger partial charge in [-0.15, -0.1) is 0 Å². The molecule has 1 aliphatic rings. The van der Waals surface area contributed by atoms with Crippen molar-refractivity contribution in [3.63, 3.8) is 0 Å². The van der Waals surface area contributed by atoms with Crippen LogP contribution in [0.2, 0.25) is 0 Å². The molecular formula is C17H25N3O3. The molecule has 0 unspecified atom stereocenters. The van der Waals surface area contributed by atoms with Gasteiger partial charge in [-0.05, 0) is 26.0 Å². The average Bonchev–Trinajstić information content (AvgIpc) is 2.57. The van der Waals surface area contributed by atoms with Crippen LogP contribution < -0.4 is 4.90 Å². The van der Waals surface area contributed by atoms with Gasteiger partial charge in [-0.1, -0.05) is 18.2 Å². The summed E-state index contributed by atoms with van der Waals surface area (Å²) in [5, 5.41) is 0. The van der Waals surface area contributed by atoms with Gasteiger partial charge in [0.15, 0.2) is 0 Å². The van der Waals surface area contributed by atoms with Gasteiger partial charge < -0.3 is 14.5 Å². The maximum Gasteiger partial charge on any atom is 0.409 e. The first-order chi connectivity index (χ1) is 11.2. The molecule has 1 aromatic rings. The first-order valence-electron chi connectivity index (χ1n) is 8.15. The van der Waals surface area contributed by atoms with Crippen LogP contribution in [0.25, 0.3) is 0 Å². The van der Waals surface area contributed by atoms with Crippen LogP contribution in [0.15, 0.2) is 30.3 Å². The van der Waals surface area contributed by atoms with Crippen LogP contribution in [0.1, 0.15) is 13.8 Å². The number of amides is 2. The van der Waals surface area contributed by atoms with E-state index in [-0.39, 0.29) is 12.0 Å². The largest absolute Gasteiger partial charge is 0.450 e. The van der Waals surface area contributed by atoms with Gasteiger partial charge in [0, 0.05) is 38.4 Å². The molecule has 0 bridgehead atoms. The molecule has 23 heavy (non-hydrogen) atoms. The van der Waals surface area contributed by atoms with Crippen LogP contribution in [0.3, 0.4) is 0 Å². The summed E-state index contributed by atoms with van der Waals surface area (Å²) in [6, 6.07) is 9.70. The summed E-state index contributed by atoms with van der Waals surface area (Å²) >= 11 is 0. The number of rotatable bonds is 5. The minimum atomic E-state index is -0.266. The molecule has 0 saturated carbocycles. The second-order valence-corrected chi connectivity index (χ2v) is 5.44. The summed E-state index contributed by atoms with van der Waals surface area (Å²) in [6.07, 6.45) is -0.266. The fourth-order valence-corrected chi connectivity index (χ4v) is 2.69. The van der Waals surface area contributed by atoms with E-state index < -0.39 is 0 Å². The summed E-state index contributed by atoms with van der Waals surface area (Å²) < 4.78 is 5.00. The molecule has 2 rings (SSSR count). The zero-order valence-corrected chi connectivity index (χ0v) is 13.9. The summed E-state index contributed by atoms with van der Waals surface area (Å²) in [5.41, 5.74) is 0.921. The summed E-state index contributed by atoms with van der Waals surface area (Å²) in [7, 11) is 0. The van der Waals surface area contributed by atoms with Gasteiger partial charge in [0.05, 0.1) is 13.2 Å². The summed E-state index contributed by atoms with van der Waals surface area (Å²) in [4.78, 5) is 29.8. The van der Waals surface area contributed by atoms with Crippen molar-refractivity contribution in [1.29, 1.82) is 0 Å². The van der Waals surface area contributed by atoms with Crippen molar-refractivity contribution >= 4 is 17.7 Å². The Bertz CT molecular complexity index is 513. The molecule has 0 atom stereocenters. The van der Waals surface area contributed by atoms with Crippen LogP contribution >= 0.6 is 0 Å². The highest BCUT2D eigenvalue weighted by Crippen LogP contribution is 2.14. The van der Waals surface area contributed by atoms with Gasteiger partial charge in [-0.25, -0.2) is 4.79 Å². The zero-order valence-electron chi connectivity index (χ0n) is 13.9. The number of para-hydroxylation sites is 1. The molecule has 0 aliphatic carbocycles. The number of ether oxygens (including phenoxy) is 1. The number of anilines is 1. The first kappa shape index (κ1) is 17.3. The van der Waals surface area contributed by atoms with E-state index in [4.69, 9.17) is 4.74 Å². The molecule has 0 aromatic heterocycles. The number of likely N-dealkylation sites (N-methyl/N-ethyl adjacent to an activating group) is 1. The van der Waals surface area contributed by atoms with E-state index in [0.29, 0.717) is 45.9 Å². The second kappa shape index (κ2) is 8.53. The third kappa shape index (κ3) is 4.69. The Labute approximate surface area is 137 Å². The number of nitrogens with zero attached hydrogens (tertiary/aromatic N) is 3. The van der Waals surface area contributed by atoms with Crippen LogP contribution in [-0.4, -0.2) is 67.7 Å². The number of hydrogen-bond donors (Lipinski definition) is 0. The third-order valence-electron chi connectivity index (χ3n) is 3.94. The third-order valence-corrected chi connectivity index (χ3v) is 3.94. The minimum absolute atomic E-state index is 0.0864. The lowest BCUT2D eigenvalue weighted by molar-refractivity contribution is -0.120. The molecule has 1 fully saturated rings. The minimum Gasteiger partial charge on any atom is -0.450 e. The highest BCUT2D eigenvalue weighted by atomic mass is 16.6. The lowest BCUT2D eigenvalue weighted by Gasteiger charge is -2.34. The van der Waals surface area contributed by atoms with Gasteiger partial charge in [0.25, 0.3) is 0 Å². The topological polar surface area (TPSA) is 53.1 Å². The van der Waals surface area contributed by atoms with Crippen molar-refractivity contribution in [3.8, 4) is 0 Å². The van der Waals surface area contributed by atoms with E-state index >= 15 is 0 Å². The van der Waals surface area contributed by atoms with Crippen LogP contribution in [-0.2, 0) is 9.53 Å². The van der Waals surface area contributed by atoms with Crippen LogP contribution in [0.5, 0.6) is 0 Å². The molecule has 1 heterocycles. The molecular weight excluding hydrogens is 294 g/mol. The fourth-order valence-electron chi connectivity index (χ4n) is 2.69. The Balaban J connectivity index is 1.85. The van der Waals surface area contributed by atoms with Crippen molar-refractivity contribution < 1.29 is 14.3 Å². The van der Waals surface area contributed by atoms with E-state index in [0.717, 1.165) is 5.69 Å². The molecule has 6 heteroatoms. The normalized spacial score (nSPS) is 15.3. The van der Waals surface area contributed by atoms with Crippen molar-refractivity contribution in [2.24, 2.45) is 0 Å². The Morgan fingerprint density at radius 1 is 1.09 bits per heavy atom. The summed E-state index contributed by atoms with van der Waals surface area (Å²) in [5.74, 6) is 0.0864. The quantitative estimate of drug-likeness (QED) is 0.831. The van der Waals surface area contributed by atoms with E-state index in [1.54, 1.807) is 16.7 Å². The molecule has 0 N–H and O–H groups in total. The molecule has 6 nitrogen and oxygen atoms in total. The monoisotopic (exact) mass is 319 g/mol. The standard InChI is InChI=1S/C17H25N3O3/c1-3-20(15-8-6-5-7-9-15)16(21)14-18-10-12-19(13-11-18)17(22)23-4-2/h5-9H,3-4,10-14H2,1-2H3. The lowest BCUT2D eigenvalue weighted by Crippen LogP contribution is -2.51. The highest BCUT2D eigenvalue weighted by Gasteiger charge is 2.24. The Kier molecular flexibility index (Phi) is 6.40. The Morgan fingerprint density at radius 3 is 2.30 bits per heavy atom. The Hall–Kier alpha value is -2.08. The predicted molar refractivity (Wildman–Crippen MR) is 89.5 cm³/mol. The Morgan fingerprint density at radius 2 is 1.74 bits per heavy atom. The maximum absolute atomic E-state index is 12.5. The van der Waals surface area contributed by atoms with E-state index in [2.05, 4.69) is 4.90 Å². The average molecular weight is 319 g/mol. The molecule has 1 aliphatic heterocycles. The SMILES string of the molecule is CCOC(=O)N1CCN(CC(=O)N(CC)c2ccccc2)CC1. The van der Waals surface area contributed by atoms with E-state index in [9.17, 15) is 9.59 Å². The first-order valence-corrected chi connectivity index (χ1v) is 8.15. The van der Waals surface area contributed by atoms with Gasteiger partial charge in [0.2, 0.25) is 5.91 Å². The number of hydrogen-bond acceptors (Lipinski definition) is 4. The number of carbonyl (C=O) groups is 2. The predicted octanol–water partition coefficient (Wildman–Crippen LogP) is 1.81. The van der Waals surface area contributed by atoms with Gasteiger partial charge in [-0.2, -0.15) is 0 Å². The van der Waals surface area contributed by atoms with E-state index in [1.165, 1.54) is 0 Å². The molecule has 126 valence electrons. The van der Waals surface area contributed by atoms with Crippen molar-refractivity contribution in [2.45, 2.75) is 13.8 Å². The zero-order chi connectivity index (χ0) is 16.7. The van der Waals surface area contributed by atoms with Gasteiger partial charge in [0.1, 0.15) is 0 Å². The number of carbonyl (C=O) groups excluding carboxylic acids is 2. The van der Waals surface area contributed by atoms with Crippen LogP contribution in [0.4, 0.5) is 10.5 Å². The second-order valence-electron chi connectivity index (χ2n) is 5.44. The maximum atomic E-state index is 12.5. The van der Waals surface area contributed by atoms with Crippen molar-refractivity contribution in [2.75, 3.05) is 50.8 Å². The van der Waals surface area contributed by atoms with Gasteiger partial charge >= 0.3 is 6.09 Å². The molecule has 0 radical (unpaired) electrons.